The largest absolute Gasteiger partial charge is 0.450 e. The number of rotatable bonds is 17. The Morgan fingerprint density at radius 1 is 0.871 bits per heavy atom. The van der Waals surface area contributed by atoms with Gasteiger partial charge in [0.05, 0.1) is 17.5 Å². The van der Waals surface area contributed by atoms with Gasteiger partial charge in [-0.1, -0.05) is 88.5 Å². The molecule has 1 aromatic carbocycles. The molecule has 172 valence electrons. The molecule has 4 heteroatoms. The predicted molar refractivity (Wildman–Crippen MR) is 130 cm³/mol. The van der Waals surface area contributed by atoms with Gasteiger partial charge in [-0.25, -0.2) is 4.79 Å². The Bertz CT molecular complexity index is 825. The van der Waals surface area contributed by atoms with Crippen LogP contribution in [0, 0.1) is 6.92 Å². The van der Waals surface area contributed by atoms with Crippen LogP contribution in [0.4, 0.5) is 0 Å². The minimum Gasteiger partial charge on any atom is -0.450 e. The van der Waals surface area contributed by atoms with Crippen molar-refractivity contribution < 1.29 is 9.15 Å². The summed E-state index contributed by atoms with van der Waals surface area (Å²) < 4.78 is 10.7. The average molecular weight is 428 g/mol. The monoisotopic (exact) mass is 427 g/mol. The highest BCUT2D eigenvalue weighted by Crippen LogP contribution is 2.15. The molecule has 0 amide bonds. The van der Waals surface area contributed by atoms with Crippen LogP contribution < -0.4 is 10.4 Å². The molecule has 0 aliphatic heterocycles. The van der Waals surface area contributed by atoms with Crippen LogP contribution in [-0.4, -0.2) is 11.6 Å². The van der Waals surface area contributed by atoms with Crippen LogP contribution in [0.15, 0.2) is 39.6 Å². The van der Waals surface area contributed by atoms with E-state index in [4.69, 9.17) is 9.15 Å². The lowest BCUT2D eigenvalue weighted by Gasteiger charge is -2.05. The van der Waals surface area contributed by atoms with Crippen molar-refractivity contribution in [2.24, 2.45) is 0 Å². The summed E-state index contributed by atoms with van der Waals surface area (Å²) in [4.78, 5) is 16.3. The molecular weight excluding hydrogens is 386 g/mol. The fourth-order valence-corrected chi connectivity index (χ4v) is 3.74. The third-order valence-electron chi connectivity index (χ3n) is 5.65. The first-order valence-electron chi connectivity index (χ1n) is 12.4. The maximum atomic E-state index is 12.0. The van der Waals surface area contributed by atoms with Gasteiger partial charge in [-0.05, 0) is 51.2 Å². The van der Waals surface area contributed by atoms with E-state index in [1.54, 1.807) is 6.07 Å². The number of benzene rings is 1. The summed E-state index contributed by atoms with van der Waals surface area (Å²) in [6.07, 6.45) is 22.7. The zero-order valence-electron chi connectivity index (χ0n) is 19.7. The van der Waals surface area contributed by atoms with Gasteiger partial charge in [-0.3, -0.25) is 0 Å². The van der Waals surface area contributed by atoms with Crippen molar-refractivity contribution in [1.82, 2.24) is 4.98 Å². The molecule has 0 bridgehead atoms. The van der Waals surface area contributed by atoms with Gasteiger partial charge in [-0.15, -0.1) is 0 Å². The highest BCUT2D eigenvalue weighted by Gasteiger charge is 2.07. The summed E-state index contributed by atoms with van der Waals surface area (Å²) in [7, 11) is 0. The lowest BCUT2D eigenvalue weighted by atomic mass is 10.1. The van der Waals surface area contributed by atoms with Crippen LogP contribution in [0.3, 0.4) is 0 Å². The van der Waals surface area contributed by atoms with Gasteiger partial charge in [0, 0.05) is 0 Å². The van der Waals surface area contributed by atoms with E-state index in [2.05, 4.69) is 24.1 Å². The van der Waals surface area contributed by atoms with Gasteiger partial charge in [0.25, 0.3) is 0 Å². The number of aryl methyl sites for hydroxylation is 1. The summed E-state index contributed by atoms with van der Waals surface area (Å²) in [5.74, 6) is 0. The molecule has 0 spiro atoms. The van der Waals surface area contributed by atoms with Crippen LogP contribution in [0.25, 0.3) is 10.9 Å². The normalized spacial score (nSPS) is 11.5. The molecule has 4 nitrogen and oxygen atoms in total. The standard InChI is InChI=1S/C27H41NO3/c1-3-4-5-6-7-8-9-10-11-12-13-14-15-16-17-18-21-30-27-28-25-20-19-23(2)22-24(25)26(29)31-27/h10-11,19-20,22H,3-9,12-18,21H2,1-2H3/b11-10-. The molecule has 0 fully saturated rings. The van der Waals surface area contributed by atoms with Crippen molar-refractivity contribution in [1.29, 1.82) is 0 Å². The lowest BCUT2D eigenvalue weighted by molar-refractivity contribution is 0.211. The third-order valence-corrected chi connectivity index (χ3v) is 5.65. The molecule has 0 aliphatic rings. The van der Waals surface area contributed by atoms with E-state index in [0.29, 0.717) is 17.5 Å². The first-order valence-corrected chi connectivity index (χ1v) is 12.4. The maximum Gasteiger partial charge on any atom is 0.397 e. The molecule has 0 radical (unpaired) electrons. The molecule has 0 aliphatic carbocycles. The minimum absolute atomic E-state index is 0.0779. The molecule has 1 aromatic heterocycles. The molecule has 0 atom stereocenters. The van der Waals surface area contributed by atoms with Crippen molar-refractivity contribution >= 4 is 10.9 Å². The van der Waals surface area contributed by atoms with Crippen molar-refractivity contribution in [3.05, 3.63) is 46.3 Å². The summed E-state index contributed by atoms with van der Waals surface area (Å²) >= 11 is 0. The Kier molecular flexibility index (Phi) is 12.7. The molecule has 0 saturated heterocycles. The SMILES string of the molecule is CCCCCCCC/C=C\CCCCCCCCOc1nc2ccc(C)cc2c(=O)o1. The van der Waals surface area contributed by atoms with E-state index in [0.717, 1.165) is 18.4 Å². The van der Waals surface area contributed by atoms with E-state index in [1.165, 1.54) is 77.0 Å². The molecule has 2 aromatic rings. The zero-order chi connectivity index (χ0) is 22.2. The van der Waals surface area contributed by atoms with Gasteiger partial charge in [-0.2, -0.15) is 4.98 Å². The highest BCUT2D eigenvalue weighted by atomic mass is 16.6. The number of hydrogen-bond donors (Lipinski definition) is 0. The second kappa shape index (κ2) is 15.7. The Morgan fingerprint density at radius 2 is 1.48 bits per heavy atom. The van der Waals surface area contributed by atoms with Gasteiger partial charge in [0.15, 0.2) is 0 Å². The summed E-state index contributed by atoms with van der Waals surface area (Å²) in [6.45, 7) is 4.75. The molecular formula is C27H41NO3. The Balaban J connectivity index is 1.44. The number of ether oxygens (including phenoxy) is 1. The number of aromatic nitrogens is 1. The second-order valence-electron chi connectivity index (χ2n) is 8.57. The topological polar surface area (TPSA) is 52.3 Å². The summed E-state index contributed by atoms with van der Waals surface area (Å²) in [5, 5.41) is 0.504. The van der Waals surface area contributed by atoms with Gasteiger partial charge in [0.2, 0.25) is 0 Å². The highest BCUT2D eigenvalue weighted by molar-refractivity contribution is 5.77. The number of allylic oxidation sites excluding steroid dienone is 2. The van der Waals surface area contributed by atoms with Gasteiger partial charge < -0.3 is 9.15 Å². The van der Waals surface area contributed by atoms with Crippen LogP contribution >= 0.6 is 0 Å². The fraction of sp³-hybridized carbons (Fsp3) is 0.630. The summed E-state index contributed by atoms with van der Waals surface area (Å²) in [5.41, 5.74) is 1.25. The number of fused-ring (bicyclic) bond motifs is 1. The van der Waals surface area contributed by atoms with Crippen molar-refractivity contribution in [3.8, 4) is 6.08 Å². The molecule has 31 heavy (non-hydrogen) atoms. The van der Waals surface area contributed by atoms with Gasteiger partial charge >= 0.3 is 11.7 Å². The van der Waals surface area contributed by atoms with Crippen LogP contribution in [-0.2, 0) is 0 Å². The van der Waals surface area contributed by atoms with Crippen molar-refractivity contribution in [2.75, 3.05) is 6.61 Å². The van der Waals surface area contributed by atoms with Crippen LogP contribution in [0.1, 0.15) is 102 Å². The van der Waals surface area contributed by atoms with Crippen molar-refractivity contribution in [3.63, 3.8) is 0 Å². The van der Waals surface area contributed by atoms with E-state index < -0.39 is 0 Å². The first-order chi connectivity index (χ1) is 15.2. The van der Waals surface area contributed by atoms with Crippen molar-refractivity contribution in [2.45, 2.75) is 104 Å². The van der Waals surface area contributed by atoms with E-state index >= 15 is 0 Å². The predicted octanol–water partition coefficient (Wildman–Crippen LogP) is 7.91. The van der Waals surface area contributed by atoms with Crippen LogP contribution in [0.2, 0.25) is 0 Å². The van der Waals surface area contributed by atoms with E-state index in [-0.39, 0.29) is 11.7 Å². The van der Waals surface area contributed by atoms with E-state index in [9.17, 15) is 4.79 Å². The zero-order valence-corrected chi connectivity index (χ0v) is 19.7. The second-order valence-corrected chi connectivity index (χ2v) is 8.57. The first kappa shape index (κ1) is 25.2. The quantitative estimate of drug-likeness (QED) is 0.190. The smallest absolute Gasteiger partial charge is 0.397 e. The van der Waals surface area contributed by atoms with E-state index in [1.807, 2.05) is 19.1 Å². The number of hydrogen-bond acceptors (Lipinski definition) is 4. The molecule has 0 N–H and O–H groups in total. The number of nitrogens with zero attached hydrogens (tertiary/aromatic N) is 1. The Labute approximate surface area is 188 Å². The van der Waals surface area contributed by atoms with Gasteiger partial charge in [0.1, 0.15) is 0 Å². The molecule has 1 heterocycles. The number of unbranched alkanes of at least 4 members (excludes halogenated alkanes) is 12. The third kappa shape index (κ3) is 10.7. The van der Waals surface area contributed by atoms with Crippen LogP contribution in [0.5, 0.6) is 6.08 Å². The minimum atomic E-state index is -0.385. The maximum absolute atomic E-state index is 12.0. The lowest BCUT2D eigenvalue weighted by Crippen LogP contribution is -2.06. The average Bonchev–Trinajstić information content (AvgIpc) is 2.76. The Hall–Kier alpha value is -2.10. The molecule has 0 saturated carbocycles. The summed E-state index contributed by atoms with van der Waals surface area (Å²) in [6, 6.07) is 5.56. The molecule has 0 unspecified atom stereocenters. The fourth-order valence-electron chi connectivity index (χ4n) is 3.74. The molecule has 2 rings (SSSR count). The Morgan fingerprint density at radius 3 is 2.16 bits per heavy atom.